The summed E-state index contributed by atoms with van der Waals surface area (Å²) in [4.78, 5) is 25.3. The number of halogens is 3. The monoisotopic (exact) mass is 319 g/mol. The van der Waals surface area contributed by atoms with Crippen LogP contribution < -0.4 is 5.32 Å². The molecule has 1 fully saturated rings. The lowest BCUT2D eigenvalue weighted by Gasteiger charge is -2.30. The van der Waals surface area contributed by atoms with E-state index >= 15 is 0 Å². The maximum atomic E-state index is 12.1. The normalized spacial score (nSPS) is 16.6. The van der Waals surface area contributed by atoms with E-state index < -0.39 is 24.5 Å². The first-order chi connectivity index (χ1) is 10.3. The van der Waals surface area contributed by atoms with Gasteiger partial charge in [-0.05, 0) is 19.8 Å². The average molecular weight is 319 g/mol. The maximum absolute atomic E-state index is 12.1. The largest absolute Gasteiger partial charge is 0.405 e. The van der Waals surface area contributed by atoms with Crippen LogP contribution in [0.25, 0.3) is 0 Å². The second-order valence-corrected chi connectivity index (χ2v) is 5.22. The average Bonchev–Trinajstić information content (AvgIpc) is 2.90. The molecule has 122 valence electrons. The van der Waals surface area contributed by atoms with E-state index in [4.69, 9.17) is 4.52 Å². The van der Waals surface area contributed by atoms with E-state index in [9.17, 15) is 22.8 Å². The number of piperidine rings is 1. The molecule has 0 aromatic carbocycles. The molecule has 2 amide bonds. The van der Waals surface area contributed by atoms with Crippen LogP contribution in [0, 0.1) is 12.8 Å². The van der Waals surface area contributed by atoms with Gasteiger partial charge in [0.2, 0.25) is 5.91 Å². The summed E-state index contributed by atoms with van der Waals surface area (Å²) in [6.45, 7) is 0.938. The zero-order valence-corrected chi connectivity index (χ0v) is 11.9. The maximum Gasteiger partial charge on any atom is 0.405 e. The zero-order chi connectivity index (χ0) is 16.3. The molecule has 0 bridgehead atoms. The van der Waals surface area contributed by atoms with Crippen LogP contribution in [0.3, 0.4) is 0 Å². The molecular weight excluding hydrogens is 303 g/mol. The van der Waals surface area contributed by atoms with E-state index in [-0.39, 0.29) is 11.6 Å². The third-order valence-corrected chi connectivity index (χ3v) is 3.46. The van der Waals surface area contributed by atoms with E-state index in [1.165, 1.54) is 11.0 Å². The standard InChI is InChI=1S/C13H16F3N3O3/c1-8-6-10(18-22-8)12(21)19-4-2-9(3-5-19)11(20)17-7-13(14,15)16/h6,9H,2-5,7H2,1H3,(H,17,20). The van der Waals surface area contributed by atoms with Crippen molar-refractivity contribution in [2.45, 2.75) is 25.9 Å². The highest BCUT2D eigenvalue weighted by Gasteiger charge is 2.32. The highest BCUT2D eigenvalue weighted by molar-refractivity contribution is 5.92. The molecule has 0 radical (unpaired) electrons. The highest BCUT2D eigenvalue weighted by atomic mass is 19.4. The molecule has 1 saturated heterocycles. The van der Waals surface area contributed by atoms with Crippen LogP contribution in [-0.2, 0) is 4.79 Å². The van der Waals surface area contributed by atoms with Crippen LogP contribution in [0.5, 0.6) is 0 Å². The molecule has 1 aliphatic rings. The Labute approximate surface area is 124 Å². The zero-order valence-electron chi connectivity index (χ0n) is 11.9. The molecule has 9 heteroatoms. The molecule has 1 aromatic rings. The second kappa shape index (κ2) is 6.37. The molecule has 0 unspecified atom stereocenters. The van der Waals surface area contributed by atoms with Crippen LogP contribution in [-0.4, -0.2) is 47.7 Å². The van der Waals surface area contributed by atoms with Crippen LogP contribution >= 0.6 is 0 Å². The topological polar surface area (TPSA) is 75.4 Å². The van der Waals surface area contributed by atoms with Gasteiger partial charge in [-0.15, -0.1) is 0 Å². The Balaban J connectivity index is 1.82. The van der Waals surface area contributed by atoms with Crippen LogP contribution in [0.15, 0.2) is 10.6 Å². The van der Waals surface area contributed by atoms with Crippen LogP contribution in [0.2, 0.25) is 0 Å². The summed E-state index contributed by atoms with van der Waals surface area (Å²) in [5.74, 6) is -0.914. The number of likely N-dealkylation sites (tertiary alicyclic amines) is 1. The number of hydrogen-bond donors (Lipinski definition) is 1. The molecule has 0 saturated carbocycles. The van der Waals surface area contributed by atoms with Crippen molar-refractivity contribution in [3.05, 3.63) is 17.5 Å². The Kier molecular flexibility index (Phi) is 4.72. The lowest BCUT2D eigenvalue weighted by Crippen LogP contribution is -2.44. The lowest BCUT2D eigenvalue weighted by molar-refractivity contribution is -0.141. The van der Waals surface area contributed by atoms with Crippen molar-refractivity contribution in [2.75, 3.05) is 19.6 Å². The Bertz CT molecular complexity index is 548. The number of carbonyl (C=O) groups excluding carboxylic acids is 2. The molecule has 0 aliphatic carbocycles. The summed E-state index contributed by atoms with van der Waals surface area (Å²) in [5, 5.41) is 5.51. The Morgan fingerprint density at radius 1 is 1.41 bits per heavy atom. The molecule has 0 spiro atoms. The minimum atomic E-state index is -4.42. The fraction of sp³-hybridized carbons (Fsp3) is 0.615. The van der Waals surface area contributed by atoms with Gasteiger partial charge in [0.1, 0.15) is 12.3 Å². The summed E-state index contributed by atoms with van der Waals surface area (Å²) in [7, 11) is 0. The molecule has 2 rings (SSSR count). The fourth-order valence-corrected chi connectivity index (χ4v) is 2.31. The van der Waals surface area contributed by atoms with Gasteiger partial charge in [0.05, 0.1) is 0 Å². The van der Waals surface area contributed by atoms with Gasteiger partial charge in [-0.1, -0.05) is 5.16 Å². The van der Waals surface area contributed by atoms with E-state index in [1.54, 1.807) is 6.92 Å². The van der Waals surface area contributed by atoms with Crippen molar-refractivity contribution >= 4 is 11.8 Å². The Morgan fingerprint density at radius 2 is 2.05 bits per heavy atom. The predicted octanol–water partition coefficient (Wildman–Crippen LogP) is 1.51. The van der Waals surface area contributed by atoms with Crippen molar-refractivity contribution in [3.8, 4) is 0 Å². The van der Waals surface area contributed by atoms with Gasteiger partial charge in [0.25, 0.3) is 5.91 Å². The Morgan fingerprint density at radius 3 is 2.55 bits per heavy atom. The second-order valence-electron chi connectivity index (χ2n) is 5.22. The first-order valence-corrected chi connectivity index (χ1v) is 6.83. The molecule has 22 heavy (non-hydrogen) atoms. The fourth-order valence-electron chi connectivity index (χ4n) is 2.31. The van der Waals surface area contributed by atoms with Gasteiger partial charge < -0.3 is 14.7 Å². The molecule has 2 heterocycles. The number of nitrogens with zero attached hydrogens (tertiary/aromatic N) is 2. The number of aromatic nitrogens is 1. The van der Waals surface area contributed by atoms with Gasteiger partial charge in [-0.25, -0.2) is 0 Å². The first-order valence-electron chi connectivity index (χ1n) is 6.83. The summed E-state index contributed by atoms with van der Waals surface area (Å²) in [5.41, 5.74) is 0.192. The van der Waals surface area contributed by atoms with E-state index in [0.29, 0.717) is 31.7 Å². The Hall–Kier alpha value is -2.06. The third-order valence-electron chi connectivity index (χ3n) is 3.46. The van der Waals surface area contributed by atoms with Gasteiger partial charge in [-0.3, -0.25) is 9.59 Å². The van der Waals surface area contributed by atoms with Crippen molar-refractivity contribution in [1.82, 2.24) is 15.4 Å². The highest BCUT2D eigenvalue weighted by Crippen LogP contribution is 2.20. The molecule has 0 atom stereocenters. The number of hydrogen-bond acceptors (Lipinski definition) is 4. The molecule has 6 nitrogen and oxygen atoms in total. The number of amides is 2. The van der Waals surface area contributed by atoms with Gasteiger partial charge in [-0.2, -0.15) is 13.2 Å². The predicted molar refractivity (Wildman–Crippen MR) is 68.9 cm³/mol. The van der Waals surface area contributed by atoms with E-state index in [0.717, 1.165) is 0 Å². The summed E-state index contributed by atoms with van der Waals surface area (Å²) in [6.07, 6.45) is -3.77. The number of aryl methyl sites for hydroxylation is 1. The lowest BCUT2D eigenvalue weighted by atomic mass is 9.95. The van der Waals surface area contributed by atoms with Crippen molar-refractivity contribution in [1.29, 1.82) is 0 Å². The summed E-state index contributed by atoms with van der Waals surface area (Å²) in [6, 6.07) is 1.52. The number of carbonyl (C=O) groups is 2. The van der Waals surface area contributed by atoms with Crippen molar-refractivity contribution < 1.29 is 27.3 Å². The smallest absolute Gasteiger partial charge is 0.361 e. The van der Waals surface area contributed by atoms with Crippen molar-refractivity contribution in [3.63, 3.8) is 0 Å². The van der Waals surface area contributed by atoms with Crippen molar-refractivity contribution in [2.24, 2.45) is 5.92 Å². The van der Waals surface area contributed by atoms with Gasteiger partial charge in [0, 0.05) is 25.1 Å². The minimum absolute atomic E-state index is 0.192. The summed E-state index contributed by atoms with van der Waals surface area (Å²) < 4.78 is 41.0. The first kappa shape index (κ1) is 16.3. The summed E-state index contributed by atoms with van der Waals surface area (Å²) >= 11 is 0. The van der Waals surface area contributed by atoms with E-state index in [1.807, 2.05) is 5.32 Å². The van der Waals surface area contributed by atoms with E-state index in [2.05, 4.69) is 5.16 Å². The number of alkyl halides is 3. The van der Waals surface area contributed by atoms with Crippen LogP contribution in [0.1, 0.15) is 29.1 Å². The van der Waals surface area contributed by atoms with Gasteiger partial charge in [0.15, 0.2) is 5.69 Å². The molecular formula is C13H16F3N3O3. The number of nitrogens with one attached hydrogen (secondary N) is 1. The SMILES string of the molecule is Cc1cc(C(=O)N2CCC(C(=O)NCC(F)(F)F)CC2)no1. The van der Waals surface area contributed by atoms with Gasteiger partial charge >= 0.3 is 6.18 Å². The van der Waals surface area contributed by atoms with Crippen LogP contribution in [0.4, 0.5) is 13.2 Å². The quantitative estimate of drug-likeness (QED) is 0.916. The minimum Gasteiger partial charge on any atom is -0.361 e. The number of rotatable bonds is 3. The molecule has 1 aromatic heterocycles. The molecule has 1 aliphatic heterocycles. The third kappa shape index (κ3) is 4.22. The molecule has 1 N–H and O–H groups in total.